The Labute approximate surface area is 71.7 Å². The third kappa shape index (κ3) is 9.74. The largest absolute Gasteiger partial charge is 0.0885 e. The van der Waals surface area contributed by atoms with E-state index in [0.717, 1.165) is 18.8 Å². The molecule has 0 aliphatic heterocycles. The zero-order chi connectivity index (χ0) is 8.53. The molecule has 0 fully saturated rings. The topological polar surface area (TPSA) is 0 Å². The van der Waals surface area contributed by atoms with E-state index in [1.807, 2.05) is 0 Å². The minimum atomic E-state index is 0.858. The molecule has 11 heavy (non-hydrogen) atoms. The van der Waals surface area contributed by atoms with Crippen molar-refractivity contribution in [1.82, 2.24) is 0 Å². The molecule has 0 nitrogen and oxygen atoms in total. The summed E-state index contributed by atoms with van der Waals surface area (Å²) in [6, 6.07) is 0. The molecule has 0 bridgehead atoms. The molecule has 0 spiro atoms. The molecule has 0 atom stereocenters. The van der Waals surface area contributed by atoms with Gasteiger partial charge in [-0.25, -0.2) is 0 Å². The van der Waals surface area contributed by atoms with Crippen LogP contribution in [0.1, 0.15) is 46.0 Å². The first-order valence-corrected chi connectivity index (χ1v) is 4.71. The lowest BCUT2D eigenvalue weighted by molar-refractivity contribution is 0.559. The normalized spacial score (nSPS) is 11.6. The molecule has 0 heteroatoms. The molecule has 1 radical (unpaired) electrons. The van der Waals surface area contributed by atoms with Crippen molar-refractivity contribution >= 4 is 0 Å². The van der Waals surface area contributed by atoms with Gasteiger partial charge in [0, 0.05) is 0 Å². The number of unbranched alkanes of at least 4 members (excludes halogenated alkanes) is 2. The summed E-state index contributed by atoms with van der Waals surface area (Å²) >= 11 is 0. The summed E-state index contributed by atoms with van der Waals surface area (Å²) in [4.78, 5) is 0. The summed E-state index contributed by atoms with van der Waals surface area (Å²) in [6.45, 7) is 8.34. The van der Waals surface area contributed by atoms with Gasteiger partial charge in [-0.2, -0.15) is 0 Å². The molecule has 0 unspecified atom stereocenters. The van der Waals surface area contributed by atoms with Crippen LogP contribution in [-0.4, -0.2) is 0 Å². The summed E-state index contributed by atoms with van der Waals surface area (Å²) in [5.41, 5.74) is 0. The van der Waals surface area contributed by atoms with Gasteiger partial charge in [-0.05, 0) is 31.6 Å². The van der Waals surface area contributed by atoms with E-state index in [2.05, 4.69) is 32.9 Å². The van der Waals surface area contributed by atoms with Gasteiger partial charge in [0.2, 0.25) is 0 Å². The van der Waals surface area contributed by atoms with Crippen molar-refractivity contribution in [3.63, 3.8) is 0 Å². The Morgan fingerprint density at radius 1 is 1.18 bits per heavy atom. The summed E-state index contributed by atoms with van der Waals surface area (Å²) in [7, 11) is 0. The fraction of sp³-hybridized carbons (Fsp3) is 0.727. The number of allylic oxidation sites excluding steroid dienone is 2. The molecule has 0 saturated carbocycles. The first kappa shape index (κ1) is 10.7. The monoisotopic (exact) mass is 153 g/mol. The molecule has 0 rings (SSSR count). The van der Waals surface area contributed by atoms with Gasteiger partial charge < -0.3 is 0 Å². The van der Waals surface area contributed by atoms with E-state index < -0.39 is 0 Å². The van der Waals surface area contributed by atoms with Crippen LogP contribution in [0.3, 0.4) is 0 Å². The molecular formula is C11H21. The minimum Gasteiger partial charge on any atom is -0.0885 e. The van der Waals surface area contributed by atoms with E-state index in [0.29, 0.717) is 0 Å². The van der Waals surface area contributed by atoms with E-state index in [-0.39, 0.29) is 0 Å². The summed E-state index contributed by atoms with van der Waals surface area (Å²) < 4.78 is 0. The van der Waals surface area contributed by atoms with E-state index in [4.69, 9.17) is 0 Å². The zero-order valence-corrected chi connectivity index (χ0v) is 7.97. The van der Waals surface area contributed by atoms with Crippen LogP contribution in [0.25, 0.3) is 0 Å². The Hall–Kier alpha value is -0.260. The molecule has 0 amide bonds. The Kier molecular flexibility index (Phi) is 7.66. The summed E-state index contributed by atoms with van der Waals surface area (Å²) in [5.74, 6) is 0.858. The molecule has 0 aromatic rings. The van der Waals surface area contributed by atoms with Crippen molar-refractivity contribution in [2.24, 2.45) is 5.92 Å². The number of hydrogen-bond donors (Lipinski definition) is 0. The standard InChI is InChI=1S/C11H21/c1-4-5-6-7-8-9-10-11(2)3/h6-7,11H,1,4-5,8-10H2,2-3H3/b7-6+. The van der Waals surface area contributed by atoms with Gasteiger partial charge >= 0.3 is 0 Å². The fourth-order valence-electron chi connectivity index (χ4n) is 0.998. The summed E-state index contributed by atoms with van der Waals surface area (Å²) in [5, 5.41) is 0. The molecule has 65 valence electrons. The number of hydrogen-bond acceptors (Lipinski definition) is 0. The van der Waals surface area contributed by atoms with Crippen LogP contribution in [0.5, 0.6) is 0 Å². The highest BCUT2D eigenvalue weighted by Gasteiger charge is 1.90. The van der Waals surface area contributed by atoms with Crippen LogP contribution in [-0.2, 0) is 0 Å². The second kappa shape index (κ2) is 7.84. The average Bonchev–Trinajstić information content (AvgIpc) is 1.96. The van der Waals surface area contributed by atoms with Gasteiger partial charge in [0.1, 0.15) is 0 Å². The van der Waals surface area contributed by atoms with Crippen molar-refractivity contribution in [2.45, 2.75) is 46.0 Å². The highest BCUT2D eigenvalue weighted by molar-refractivity contribution is 4.81. The summed E-state index contributed by atoms with van der Waals surface area (Å²) in [6.07, 6.45) is 10.6. The van der Waals surface area contributed by atoms with Gasteiger partial charge in [-0.3, -0.25) is 0 Å². The number of rotatable bonds is 6. The van der Waals surface area contributed by atoms with E-state index in [9.17, 15) is 0 Å². The van der Waals surface area contributed by atoms with Crippen molar-refractivity contribution in [3.8, 4) is 0 Å². The maximum Gasteiger partial charge on any atom is -0.0351 e. The van der Waals surface area contributed by atoms with Crippen LogP contribution in [0.15, 0.2) is 12.2 Å². The van der Waals surface area contributed by atoms with E-state index in [1.165, 1.54) is 19.3 Å². The molecular weight excluding hydrogens is 132 g/mol. The van der Waals surface area contributed by atoms with Gasteiger partial charge in [-0.15, -0.1) is 0 Å². The highest BCUT2D eigenvalue weighted by atomic mass is 14.0. The second-order valence-corrected chi connectivity index (χ2v) is 3.44. The second-order valence-electron chi connectivity index (χ2n) is 3.44. The van der Waals surface area contributed by atoms with Crippen LogP contribution in [0.4, 0.5) is 0 Å². The Bertz CT molecular complexity index is 90.2. The maximum absolute atomic E-state index is 3.78. The zero-order valence-electron chi connectivity index (χ0n) is 7.97. The fourth-order valence-corrected chi connectivity index (χ4v) is 0.998. The third-order valence-corrected chi connectivity index (χ3v) is 1.69. The minimum absolute atomic E-state index is 0.858. The quantitative estimate of drug-likeness (QED) is 0.400. The Balaban J connectivity index is 3.01. The van der Waals surface area contributed by atoms with Crippen LogP contribution in [0.2, 0.25) is 0 Å². The van der Waals surface area contributed by atoms with Crippen LogP contribution >= 0.6 is 0 Å². The molecule has 0 aromatic carbocycles. The van der Waals surface area contributed by atoms with Crippen LogP contribution in [0, 0.1) is 12.8 Å². The lowest BCUT2D eigenvalue weighted by Gasteiger charge is -2.00. The Morgan fingerprint density at radius 2 is 1.82 bits per heavy atom. The van der Waals surface area contributed by atoms with Crippen molar-refractivity contribution in [1.29, 1.82) is 0 Å². The molecule has 0 aliphatic carbocycles. The first-order valence-electron chi connectivity index (χ1n) is 4.71. The molecule has 0 heterocycles. The predicted molar refractivity (Wildman–Crippen MR) is 52.4 cm³/mol. The lowest BCUT2D eigenvalue weighted by Crippen LogP contribution is -1.84. The van der Waals surface area contributed by atoms with Gasteiger partial charge in [0.15, 0.2) is 0 Å². The molecule has 0 aliphatic rings. The lowest BCUT2D eigenvalue weighted by atomic mass is 10.1. The van der Waals surface area contributed by atoms with E-state index >= 15 is 0 Å². The molecule has 0 aromatic heterocycles. The van der Waals surface area contributed by atoms with Crippen LogP contribution < -0.4 is 0 Å². The third-order valence-electron chi connectivity index (χ3n) is 1.69. The average molecular weight is 153 g/mol. The SMILES string of the molecule is [CH2]CC/C=C/CCCC(C)C. The van der Waals surface area contributed by atoms with E-state index in [1.54, 1.807) is 0 Å². The maximum atomic E-state index is 3.78. The first-order chi connectivity index (χ1) is 5.27. The predicted octanol–water partition coefficient (Wildman–Crippen LogP) is 3.98. The van der Waals surface area contributed by atoms with Crippen molar-refractivity contribution < 1.29 is 0 Å². The highest BCUT2D eigenvalue weighted by Crippen LogP contribution is 2.06. The smallest absolute Gasteiger partial charge is 0.0351 e. The van der Waals surface area contributed by atoms with Gasteiger partial charge in [0.05, 0.1) is 0 Å². The van der Waals surface area contributed by atoms with Crippen molar-refractivity contribution in [3.05, 3.63) is 19.1 Å². The van der Waals surface area contributed by atoms with Gasteiger partial charge in [-0.1, -0.05) is 39.3 Å². The molecule has 0 saturated heterocycles. The Morgan fingerprint density at radius 3 is 2.36 bits per heavy atom. The van der Waals surface area contributed by atoms with Crippen molar-refractivity contribution in [2.75, 3.05) is 0 Å². The van der Waals surface area contributed by atoms with Gasteiger partial charge in [0.25, 0.3) is 0 Å². The molecule has 0 N–H and O–H groups in total.